The number of methoxy groups -OCH3 is 1. The Labute approximate surface area is 98.7 Å². The number of aromatic nitrogens is 1. The highest BCUT2D eigenvalue weighted by molar-refractivity contribution is 7.86. The highest BCUT2D eigenvalue weighted by Crippen LogP contribution is 2.25. The summed E-state index contributed by atoms with van der Waals surface area (Å²) in [4.78, 5) is 15.0. The van der Waals surface area contributed by atoms with E-state index >= 15 is 0 Å². The van der Waals surface area contributed by atoms with Gasteiger partial charge >= 0.3 is 0 Å². The molecule has 1 heterocycles. The zero-order valence-corrected chi connectivity index (χ0v) is 10.1. The van der Waals surface area contributed by atoms with Gasteiger partial charge in [0.15, 0.2) is 0 Å². The number of carbonyl (C=O) groups excluding carboxylic acids is 1. The summed E-state index contributed by atoms with van der Waals surface area (Å²) < 4.78 is 31.6. The number of amides is 1. The maximum Gasteiger partial charge on any atom is 0.265 e. The molecule has 17 heavy (non-hydrogen) atoms. The van der Waals surface area contributed by atoms with E-state index in [1.54, 1.807) is 6.07 Å². The second-order valence-corrected chi connectivity index (χ2v) is 4.77. The van der Waals surface area contributed by atoms with Crippen molar-refractivity contribution in [2.24, 2.45) is 5.73 Å². The second-order valence-electron chi connectivity index (χ2n) is 3.17. The standard InChI is InChI=1S/C9H12N2O5S/c1-15-6-4-3-5-11-7(6)8(9(10)12)16-17(2,13)14/h3-5,8H,1-2H3,(H2,10,12). The topological polar surface area (TPSA) is 109 Å². The fraction of sp³-hybridized carbons (Fsp3) is 0.333. The predicted octanol–water partition coefficient (Wildman–Crippen LogP) is -0.407. The van der Waals surface area contributed by atoms with Gasteiger partial charge in [0.2, 0.25) is 6.10 Å². The van der Waals surface area contributed by atoms with Crippen LogP contribution in [0.4, 0.5) is 0 Å². The number of ether oxygens (including phenoxy) is 1. The lowest BCUT2D eigenvalue weighted by atomic mass is 10.2. The van der Waals surface area contributed by atoms with Crippen LogP contribution < -0.4 is 10.5 Å². The molecule has 1 atom stereocenters. The first-order valence-corrected chi connectivity index (χ1v) is 6.33. The van der Waals surface area contributed by atoms with Crippen molar-refractivity contribution in [3.8, 4) is 5.75 Å². The molecule has 7 nitrogen and oxygen atoms in total. The van der Waals surface area contributed by atoms with Gasteiger partial charge in [-0.15, -0.1) is 0 Å². The van der Waals surface area contributed by atoms with Gasteiger partial charge in [0.05, 0.1) is 13.4 Å². The van der Waals surface area contributed by atoms with E-state index in [1.165, 1.54) is 19.4 Å². The Kier molecular flexibility index (Phi) is 4.02. The first kappa shape index (κ1) is 13.4. The van der Waals surface area contributed by atoms with Crippen LogP contribution in [0.5, 0.6) is 5.75 Å². The van der Waals surface area contributed by atoms with Gasteiger partial charge in [0.25, 0.3) is 16.0 Å². The van der Waals surface area contributed by atoms with Gasteiger partial charge in [0, 0.05) is 6.20 Å². The minimum Gasteiger partial charge on any atom is -0.495 e. The van der Waals surface area contributed by atoms with Gasteiger partial charge in [-0.05, 0) is 12.1 Å². The number of carbonyl (C=O) groups is 1. The van der Waals surface area contributed by atoms with Crippen LogP contribution in [0.1, 0.15) is 11.8 Å². The molecule has 1 aromatic heterocycles. The summed E-state index contributed by atoms with van der Waals surface area (Å²) in [6.45, 7) is 0. The van der Waals surface area contributed by atoms with Gasteiger partial charge in [-0.1, -0.05) is 0 Å². The molecule has 1 rings (SSSR count). The molecule has 0 radical (unpaired) electrons. The molecule has 0 aromatic carbocycles. The minimum atomic E-state index is -3.84. The lowest BCUT2D eigenvalue weighted by Crippen LogP contribution is -2.27. The number of nitrogens with two attached hydrogens (primary N) is 1. The molecular formula is C9H12N2O5S. The molecule has 1 unspecified atom stereocenters. The van der Waals surface area contributed by atoms with Crippen molar-refractivity contribution in [2.45, 2.75) is 6.10 Å². The molecule has 0 aliphatic carbocycles. The highest BCUT2D eigenvalue weighted by atomic mass is 32.2. The molecule has 2 N–H and O–H groups in total. The molecule has 1 aromatic rings. The lowest BCUT2D eigenvalue weighted by Gasteiger charge is -2.14. The maximum absolute atomic E-state index is 11.2. The zero-order chi connectivity index (χ0) is 13.1. The van der Waals surface area contributed by atoms with E-state index in [1.807, 2.05) is 0 Å². The first-order chi connectivity index (χ1) is 7.85. The summed E-state index contributed by atoms with van der Waals surface area (Å²) >= 11 is 0. The van der Waals surface area contributed by atoms with Crippen molar-refractivity contribution in [1.82, 2.24) is 4.98 Å². The fourth-order valence-electron chi connectivity index (χ4n) is 1.17. The van der Waals surface area contributed by atoms with Gasteiger partial charge in [-0.25, -0.2) is 0 Å². The zero-order valence-electron chi connectivity index (χ0n) is 9.28. The van der Waals surface area contributed by atoms with Crippen LogP contribution in [0.25, 0.3) is 0 Å². The molecule has 0 saturated carbocycles. The highest BCUT2D eigenvalue weighted by Gasteiger charge is 2.27. The number of rotatable bonds is 5. The Morgan fingerprint density at radius 1 is 1.53 bits per heavy atom. The average molecular weight is 260 g/mol. The monoisotopic (exact) mass is 260 g/mol. The first-order valence-electron chi connectivity index (χ1n) is 4.51. The largest absolute Gasteiger partial charge is 0.495 e. The molecule has 8 heteroatoms. The van der Waals surface area contributed by atoms with Crippen LogP contribution in [0, 0.1) is 0 Å². The van der Waals surface area contributed by atoms with Crippen LogP contribution in [0.15, 0.2) is 18.3 Å². The Balaban J connectivity index is 3.19. The third-order valence-electron chi connectivity index (χ3n) is 1.80. The number of primary amides is 1. The molecule has 0 saturated heterocycles. The molecule has 0 aliphatic rings. The van der Waals surface area contributed by atoms with Crippen molar-refractivity contribution >= 4 is 16.0 Å². The number of pyridine rings is 1. The van der Waals surface area contributed by atoms with Crippen LogP contribution in [0.2, 0.25) is 0 Å². The van der Waals surface area contributed by atoms with E-state index in [0.717, 1.165) is 6.26 Å². The lowest BCUT2D eigenvalue weighted by molar-refractivity contribution is -0.125. The van der Waals surface area contributed by atoms with Gasteiger partial charge in [-0.2, -0.15) is 8.42 Å². The Morgan fingerprint density at radius 2 is 2.18 bits per heavy atom. The second kappa shape index (κ2) is 5.11. The Hall–Kier alpha value is -1.67. The van der Waals surface area contributed by atoms with E-state index in [-0.39, 0.29) is 11.4 Å². The molecule has 0 aliphatic heterocycles. The normalized spacial score (nSPS) is 13.1. The minimum absolute atomic E-state index is 0.0212. The van der Waals surface area contributed by atoms with Gasteiger partial charge in [-0.3, -0.25) is 14.0 Å². The number of hydrogen-bond acceptors (Lipinski definition) is 6. The SMILES string of the molecule is COc1cccnc1C(OS(C)(=O)=O)C(N)=O. The number of hydrogen-bond donors (Lipinski definition) is 1. The van der Waals surface area contributed by atoms with Crippen LogP contribution in [0.3, 0.4) is 0 Å². The molecule has 0 fully saturated rings. The molecule has 1 amide bonds. The Morgan fingerprint density at radius 3 is 2.65 bits per heavy atom. The van der Waals surface area contributed by atoms with Crippen molar-refractivity contribution in [3.05, 3.63) is 24.0 Å². The molecular weight excluding hydrogens is 248 g/mol. The molecule has 0 bridgehead atoms. The van der Waals surface area contributed by atoms with Crippen LogP contribution in [-0.2, 0) is 19.1 Å². The van der Waals surface area contributed by atoms with E-state index in [4.69, 9.17) is 10.5 Å². The third kappa shape index (κ3) is 3.68. The maximum atomic E-state index is 11.2. The van der Waals surface area contributed by atoms with Crippen molar-refractivity contribution in [2.75, 3.05) is 13.4 Å². The summed E-state index contributed by atoms with van der Waals surface area (Å²) in [6.07, 6.45) is 0.693. The molecule has 0 spiro atoms. The van der Waals surface area contributed by atoms with E-state index < -0.39 is 22.1 Å². The summed E-state index contributed by atoms with van der Waals surface area (Å²) in [6, 6.07) is 3.09. The van der Waals surface area contributed by atoms with Crippen molar-refractivity contribution < 1.29 is 22.1 Å². The fourth-order valence-corrected chi connectivity index (χ4v) is 1.71. The van der Waals surface area contributed by atoms with Crippen LogP contribution >= 0.6 is 0 Å². The van der Waals surface area contributed by atoms with E-state index in [0.29, 0.717) is 0 Å². The van der Waals surface area contributed by atoms with Gasteiger partial charge in [0.1, 0.15) is 11.4 Å². The average Bonchev–Trinajstić information content (AvgIpc) is 2.24. The summed E-state index contributed by atoms with van der Waals surface area (Å²) in [5.41, 5.74) is 5.10. The summed E-state index contributed by atoms with van der Waals surface area (Å²) in [5.74, 6) is -0.743. The summed E-state index contributed by atoms with van der Waals surface area (Å²) in [5, 5.41) is 0. The summed E-state index contributed by atoms with van der Waals surface area (Å²) in [7, 11) is -2.48. The van der Waals surface area contributed by atoms with E-state index in [9.17, 15) is 13.2 Å². The van der Waals surface area contributed by atoms with E-state index in [2.05, 4.69) is 9.17 Å². The van der Waals surface area contributed by atoms with Gasteiger partial charge < -0.3 is 10.5 Å². The Bertz CT molecular complexity index is 514. The third-order valence-corrected chi connectivity index (χ3v) is 2.34. The smallest absolute Gasteiger partial charge is 0.265 e. The number of nitrogens with zero attached hydrogens (tertiary/aromatic N) is 1. The quantitative estimate of drug-likeness (QED) is 0.721. The van der Waals surface area contributed by atoms with Crippen molar-refractivity contribution in [1.29, 1.82) is 0 Å². The van der Waals surface area contributed by atoms with Crippen molar-refractivity contribution in [3.63, 3.8) is 0 Å². The predicted molar refractivity (Wildman–Crippen MR) is 58.7 cm³/mol. The van der Waals surface area contributed by atoms with Crippen LogP contribution in [-0.4, -0.2) is 32.7 Å². The molecule has 94 valence electrons.